The van der Waals surface area contributed by atoms with E-state index in [0.717, 1.165) is 18.8 Å². The van der Waals surface area contributed by atoms with Gasteiger partial charge in [0.1, 0.15) is 0 Å². The van der Waals surface area contributed by atoms with E-state index in [1.807, 2.05) is 0 Å². The van der Waals surface area contributed by atoms with Gasteiger partial charge in [-0.05, 0) is 31.6 Å². The van der Waals surface area contributed by atoms with Crippen LogP contribution in [0.5, 0.6) is 0 Å². The zero-order chi connectivity index (χ0) is 14.9. The Hall–Kier alpha value is -0.260. The van der Waals surface area contributed by atoms with Crippen LogP contribution in [0.15, 0.2) is 12.2 Å². The molecule has 118 valence electrons. The molecule has 0 aliphatic rings. The summed E-state index contributed by atoms with van der Waals surface area (Å²) in [5.74, 6) is 0.820. The number of hydrogen-bond donors (Lipinski definition) is 0. The second kappa shape index (κ2) is 16.8. The molecule has 0 saturated heterocycles. The van der Waals surface area contributed by atoms with Gasteiger partial charge in [-0.25, -0.2) is 0 Å². The fraction of sp³-hybridized carbons (Fsp3) is 0.800. The SMILES string of the molecule is [CH2]CCCCCCC/C=C/C(CC)CCCCCC[CH2]. The molecule has 20 heavy (non-hydrogen) atoms. The molecule has 1 unspecified atom stereocenters. The molecule has 0 spiro atoms. The molecule has 0 fully saturated rings. The highest BCUT2D eigenvalue weighted by Crippen LogP contribution is 2.17. The van der Waals surface area contributed by atoms with Gasteiger partial charge in [0.05, 0.1) is 0 Å². The molecular weight excluding hydrogens is 240 g/mol. The summed E-state index contributed by atoms with van der Waals surface area (Å²) in [6.45, 7) is 10.1. The first kappa shape index (κ1) is 19.7. The Morgan fingerprint density at radius 2 is 1.30 bits per heavy atom. The van der Waals surface area contributed by atoms with E-state index in [9.17, 15) is 0 Å². The van der Waals surface area contributed by atoms with Gasteiger partial charge in [-0.1, -0.05) is 97.1 Å². The zero-order valence-electron chi connectivity index (χ0n) is 14.0. The fourth-order valence-electron chi connectivity index (χ4n) is 2.63. The molecule has 0 aliphatic carbocycles. The maximum absolute atomic E-state index is 3.90. The van der Waals surface area contributed by atoms with Gasteiger partial charge >= 0.3 is 0 Å². The minimum Gasteiger partial charge on any atom is -0.0883 e. The average Bonchev–Trinajstić information content (AvgIpc) is 2.47. The Morgan fingerprint density at radius 3 is 1.90 bits per heavy atom. The van der Waals surface area contributed by atoms with E-state index in [2.05, 4.69) is 32.9 Å². The Bertz CT molecular complexity index is 192. The minimum absolute atomic E-state index is 0.820. The molecule has 0 aromatic rings. The van der Waals surface area contributed by atoms with Crippen LogP contribution in [0.1, 0.15) is 96.8 Å². The Morgan fingerprint density at radius 1 is 0.750 bits per heavy atom. The second-order valence-electron chi connectivity index (χ2n) is 6.06. The summed E-state index contributed by atoms with van der Waals surface area (Å²) in [6.07, 6.45) is 23.4. The lowest BCUT2D eigenvalue weighted by Gasteiger charge is -2.09. The molecule has 0 aromatic heterocycles. The van der Waals surface area contributed by atoms with Gasteiger partial charge in [0.2, 0.25) is 0 Å². The third-order valence-electron chi connectivity index (χ3n) is 4.13. The lowest BCUT2D eigenvalue weighted by atomic mass is 9.97. The van der Waals surface area contributed by atoms with E-state index in [1.165, 1.54) is 77.0 Å². The van der Waals surface area contributed by atoms with Gasteiger partial charge in [0.25, 0.3) is 0 Å². The Balaban J connectivity index is 3.44. The number of allylic oxidation sites excluding steroid dienone is 2. The zero-order valence-corrected chi connectivity index (χ0v) is 14.0. The Kier molecular flexibility index (Phi) is 16.6. The maximum atomic E-state index is 3.90. The van der Waals surface area contributed by atoms with Crippen molar-refractivity contribution in [2.24, 2.45) is 5.92 Å². The van der Waals surface area contributed by atoms with E-state index < -0.39 is 0 Å². The van der Waals surface area contributed by atoms with Crippen molar-refractivity contribution in [3.8, 4) is 0 Å². The summed E-state index contributed by atoms with van der Waals surface area (Å²) in [5, 5.41) is 0. The molecule has 0 amide bonds. The molecule has 0 aliphatic heterocycles. The van der Waals surface area contributed by atoms with Crippen LogP contribution < -0.4 is 0 Å². The lowest BCUT2D eigenvalue weighted by Crippen LogP contribution is -1.94. The number of hydrogen-bond acceptors (Lipinski definition) is 0. The van der Waals surface area contributed by atoms with Crippen molar-refractivity contribution in [3.63, 3.8) is 0 Å². The highest BCUT2D eigenvalue weighted by Gasteiger charge is 2.01. The molecule has 0 heteroatoms. The molecule has 0 saturated carbocycles. The largest absolute Gasteiger partial charge is 0.0883 e. The van der Waals surface area contributed by atoms with Crippen molar-refractivity contribution in [1.29, 1.82) is 0 Å². The van der Waals surface area contributed by atoms with Gasteiger partial charge in [0.15, 0.2) is 0 Å². The van der Waals surface area contributed by atoms with Crippen molar-refractivity contribution in [1.82, 2.24) is 0 Å². The summed E-state index contributed by atoms with van der Waals surface area (Å²) in [5.41, 5.74) is 0. The normalized spacial score (nSPS) is 13.2. The van der Waals surface area contributed by atoms with Crippen LogP contribution in [-0.2, 0) is 0 Å². The molecule has 0 heterocycles. The first-order chi connectivity index (χ1) is 9.85. The second-order valence-corrected chi connectivity index (χ2v) is 6.06. The molecule has 0 nitrogen and oxygen atoms in total. The smallest absolute Gasteiger partial charge is 0.0236 e. The van der Waals surface area contributed by atoms with Crippen LogP contribution in [0.2, 0.25) is 0 Å². The van der Waals surface area contributed by atoms with Gasteiger partial charge in [-0.2, -0.15) is 0 Å². The monoisotopic (exact) mass is 278 g/mol. The molecule has 1 atom stereocenters. The van der Waals surface area contributed by atoms with Gasteiger partial charge in [-0.15, -0.1) is 0 Å². The molecule has 0 rings (SSSR count). The molecular formula is C20H38. The van der Waals surface area contributed by atoms with Crippen LogP contribution in [0, 0.1) is 19.8 Å². The Labute approximate surface area is 129 Å². The molecule has 0 N–H and O–H groups in total. The first-order valence-electron chi connectivity index (χ1n) is 9.10. The van der Waals surface area contributed by atoms with Crippen LogP contribution in [0.25, 0.3) is 0 Å². The number of unbranched alkanes of at least 4 members (excludes halogenated alkanes) is 10. The summed E-state index contributed by atoms with van der Waals surface area (Å²) < 4.78 is 0. The maximum Gasteiger partial charge on any atom is -0.0236 e. The highest BCUT2D eigenvalue weighted by atomic mass is 14.1. The average molecular weight is 279 g/mol. The van der Waals surface area contributed by atoms with E-state index in [4.69, 9.17) is 0 Å². The molecule has 2 radical (unpaired) electrons. The fourth-order valence-corrected chi connectivity index (χ4v) is 2.63. The summed E-state index contributed by atoms with van der Waals surface area (Å²) in [7, 11) is 0. The minimum atomic E-state index is 0.820. The quantitative estimate of drug-likeness (QED) is 0.217. The standard InChI is InChI=1S/C20H38/c1-4-7-9-11-12-13-15-17-19-20(6-3)18-16-14-10-8-5-2/h17,19-20H,1-2,4-16,18H2,3H3/b19-17+. The lowest BCUT2D eigenvalue weighted by molar-refractivity contribution is 0.513. The van der Waals surface area contributed by atoms with Gasteiger partial charge in [0, 0.05) is 0 Å². The van der Waals surface area contributed by atoms with E-state index in [-0.39, 0.29) is 0 Å². The van der Waals surface area contributed by atoms with Crippen molar-refractivity contribution < 1.29 is 0 Å². The van der Waals surface area contributed by atoms with Crippen molar-refractivity contribution in [2.45, 2.75) is 96.8 Å². The van der Waals surface area contributed by atoms with Crippen LogP contribution >= 0.6 is 0 Å². The van der Waals surface area contributed by atoms with Crippen molar-refractivity contribution >= 4 is 0 Å². The summed E-state index contributed by atoms with van der Waals surface area (Å²) in [4.78, 5) is 0. The van der Waals surface area contributed by atoms with Gasteiger partial charge < -0.3 is 0 Å². The van der Waals surface area contributed by atoms with Crippen LogP contribution in [0.4, 0.5) is 0 Å². The van der Waals surface area contributed by atoms with E-state index >= 15 is 0 Å². The van der Waals surface area contributed by atoms with Gasteiger partial charge in [-0.3, -0.25) is 0 Å². The summed E-state index contributed by atoms with van der Waals surface area (Å²) in [6, 6.07) is 0. The molecule has 0 aromatic carbocycles. The van der Waals surface area contributed by atoms with E-state index in [1.54, 1.807) is 0 Å². The van der Waals surface area contributed by atoms with Crippen LogP contribution in [0.3, 0.4) is 0 Å². The van der Waals surface area contributed by atoms with E-state index in [0.29, 0.717) is 0 Å². The van der Waals surface area contributed by atoms with Crippen molar-refractivity contribution in [3.05, 3.63) is 26.0 Å². The predicted octanol–water partition coefficient (Wildman–Crippen LogP) is 7.31. The van der Waals surface area contributed by atoms with Crippen molar-refractivity contribution in [2.75, 3.05) is 0 Å². The highest BCUT2D eigenvalue weighted by molar-refractivity contribution is 4.87. The topological polar surface area (TPSA) is 0 Å². The third-order valence-corrected chi connectivity index (χ3v) is 4.13. The number of rotatable bonds is 15. The summed E-state index contributed by atoms with van der Waals surface area (Å²) >= 11 is 0. The van der Waals surface area contributed by atoms with Crippen LogP contribution in [-0.4, -0.2) is 0 Å². The molecule has 0 bridgehead atoms. The first-order valence-corrected chi connectivity index (χ1v) is 9.10. The predicted molar refractivity (Wildman–Crippen MR) is 93.7 cm³/mol. The third kappa shape index (κ3) is 14.2.